The maximum Gasteiger partial charge on any atom is 0.330 e. The Balaban J connectivity index is 2.31. The third-order valence-electron chi connectivity index (χ3n) is 2.62. The van der Waals surface area contributed by atoms with Crippen molar-refractivity contribution < 1.29 is 14.3 Å². The molecule has 0 aromatic heterocycles. The minimum atomic E-state index is -1.09. The molecule has 0 heterocycles. The molecule has 0 aliphatic rings. The molecule has 2 rings (SSSR count). The molecule has 6 heteroatoms. The van der Waals surface area contributed by atoms with Crippen molar-refractivity contribution in [2.24, 2.45) is 0 Å². The Kier molecular flexibility index (Phi) is 4.47. The summed E-state index contributed by atoms with van der Waals surface area (Å²) >= 11 is 11.7. The van der Waals surface area contributed by atoms with Gasteiger partial charge in [-0.15, -0.1) is 0 Å². The number of anilines is 1. The smallest absolute Gasteiger partial charge is 0.330 e. The number of carboxylic acids is 1. The first-order valence-electron chi connectivity index (χ1n) is 5.66. The van der Waals surface area contributed by atoms with Crippen molar-refractivity contribution in [1.82, 2.24) is 0 Å². The molecule has 1 atom stereocenters. The number of benzene rings is 2. The summed E-state index contributed by atoms with van der Waals surface area (Å²) in [7, 11) is 0. The van der Waals surface area contributed by atoms with E-state index in [-0.39, 0.29) is 0 Å². The van der Waals surface area contributed by atoms with Gasteiger partial charge in [-0.2, -0.15) is 0 Å². The van der Waals surface area contributed by atoms with Crippen LogP contribution in [0.15, 0.2) is 42.5 Å². The summed E-state index contributed by atoms with van der Waals surface area (Å²) in [5.74, 6) is -1.49. The summed E-state index contributed by atoms with van der Waals surface area (Å²) in [6.07, 6.45) is 0. The quantitative estimate of drug-likeness (QED) is 0.881. The molecule has 0 aliphatic heterocycles. The molecule has 0 amide bonds. The van der Waals surface area contributed by atoms with E-state index in [9.17, 15) is 14.3 Å². The van der Waals surface area contributed by atoms with Gasteiger partial charge in [0.15, 0.2) is 6.04 Å². The average molecular weight is 314 g/mol. The highest BCUT2D eigenvalue weighted by molar-refractivity contribution is 6.34. The second-order valence-electron chi connectivity index (χ2n) is 4.13. The van der Waals surface area contributed by atoms with E-state index in [1.807, 2.05) is 0 Å². The normalized spacial score (nSPS) is 11.9. The number of carbonyl (C=O) groups is 1. The van der Waals surface area contributed by atoms with Crippen LogP contribution < -0.4 is 5.32 Å². The summed E-state index contributed by atoms with van der Waals surface area (Å²) < 4.78 is 12.8. The highest BCUT2D eigenvalue weighted by Crippen LogP contribution is 2.26. The molecule has 0 fully saturated rings. The van der Waals surface area contributed by atoms with Crippen LogP contribution in [0.2, 0.25) is 10.0 Å². The van der Waals surface area contributed by atoms with Crippen LogP contribution in [0.4, 0.5) is 10.1 Å². The second kappa shape index (κ2) is 6.11. The first-order chi connectivity index (χ1) is 9.45. The van der Waals surface area contributed by atoms with E-state index >= 15 is 0 Å². The largest absolute Gasteiger partial charge is 0.479 e. The Bertz CT molecular complexity index is 611. The maximum atomic E-state index is 12.8. The number of nitrogens with one attached hydrogen (secondary N) is 1. The summed E-state index contributed by atoms with van der Waals surface area (Å²) in [4.78, 5) is 11.4. The van der Waals surface area contributed by atoms with Gasteiger partial charge in [-0.1, -0.05) is 23.2 Å². The van der Waals surface area contributed by atoms with Crippen LogP contribution in [-0.2, 0) is 4.79 Å². The monoisotopic (exact) mass is 313 g/mol. The van der Waals surface area contributed by atoms with Crippen molar-refractivity contribution >= 4 is 34.9 Å². The summed E-state index contributed by atoms with van der Waals surface area (Å²) in [5, 5.41) is 12.8. The van der Waals surface area contributed by atoms with Crippen LogP contribution in [0.25, 0.3) is 0 Å². The Labute approximate surface area is 124 Å². The maximum absolute atomic E-state index is 12.8. The number of halogens is 3. The minimum Gasteiger partial charge on any atom is -0.479 e. The zero-order valence-corrected chi connectivity index (χ0v) is 11.6. The molecule has 20 heavy (non-hydrogen) atoms. The van der Waals surface area contributed by atoms with Gasteiger partial charge in [-0.3, -0.25) is 0 Å². The fourth-order valence-electron chi connectivity index (χ4n) is 1.74. The van der Waals surface area contributed by atoms with Crippen molar-refractivity contribution in [3.8, 4) is 0 Å². The van der Waals surface area contributed by atoms with E-state index in [1.165, 1.54) is 42.5 Å². The minimum absolute atomic E-state index is 0.347. The van der Waals surface area contributed by atoms with Gasteiger partial charge in [0, 0.05) is 15.7 Å². The number of hydrogen-bond acceptors (Lipinski definition) is 2. The van der Waals surface area contributed by atoms with Crippen LogP contribution in [0.3, 0.4) is 0 Å². The zero-order chi connectivity index (χ0) is 14.7. The molecular weight excluding hydrogens is 304 g/mol. The predicted molar refractivity (Wildman–Crippen MR) is 76.9 cm³/mol. The van der Waals surface area contributed by atoms with E-state index in [0.717, 1.165) is 0 Å². The Morgan fingerprint density at radius 1 is 1.10 bits per heavy atom. The summed E-state index contributed by atoms with van der Waals surface area (Å²) in [6, 6.07) is 8.92. The van der Waals surface area contributed by atoms with Crippen molar-refractivity contribution in [2.45, 2.75) is 6.04 Å². The molecule has 2 N–H and O–H groups in total. The van der Waals surface area contributed by atoms with E-state index in [0.29, 0.717) is 21.3 Å². The fraction of sp³-hybridized carbons (Fsp3) is 0.0714. The molecule has 0 spiro atoms. The van der Waals surface area contributed by atoms with E-state index in [4.69, 9.17) is 23.2 Å². The van der Waals surface area contributed by atoms with Gasteiger partial charge in [0.2, 0.25) is 0 Å². The lowest BCUT2D eigenvalue weighted by Gasteiger charge is -2.16. The standard InChI is InChI=1S/C14H10Cl2FNO2/c15-9-5-8(6-10(16)7-9)13(14(19)20)18-12-3-1-11(17)2-4-12/h1-7,13,18H,(H,19,20). The first-order valence-corrected chi connectivity index (χ1v) is 6.42. The van der Waals surface area contributed by atoms with Gasteiger partial charge >= 0.3 is 5.97 Å². The van der Waals surface area contributed by atoms with E-state index in [2.05, 4.69) is 5.32 Å². The third-order valence-corrected chi connectivity index (χ3v) is 3.06. The van der Waals surface area contributed by atoms with Gasteiger partial charge in [-0.05, 0) is 48.0 Å². The van der Waals surface area contributed by atoms with Crippen molar-refractivity contribution in [3.05, 3.63) is 63.9 Å². The lowest BCUT2D eigenvalue weighted by Crippen LogP contribution is -2.20. The van der Waals surface area contributed by atoms with Gasteiger partial charge < -0.3 is 10.4 Å². The third kappa shape index (κ3) is 3.62. The molecule has 104 valence electrons. The molecule has 2 aromatic carbocycles. The molecule has 1 unspecified atom stereocenters. The number of hydrogen-bond donors (Lipinski definition) is 2. The lowest BCUT2D eigenvalue weighted by atomic mass is 10.1. The van der Waals surface area contributed by atoms with E-state index in [1.54, 1.807) is 0 Å². The Morgan fingerprint density at radius 3 is 2.15 bits per heavy atom. The molecule has 3 nitrogen and oxygen atoms in total. The highest BCUT2D eigenvalue weighted by Gasteiger charge is 2.20. The Morgan fingerprint density at radius 2 is 1.65 bits per heavy atom. The second-order valence-corrected chi connectivity index (χ2v) is 5.00. The molecule has 0 saturated carbocycles. The SMILES string of the molecule is O=C(O)C(Nc1ccc(F)cc1)c1cc(Cl)cc(Cl)c1. The average Bonchev–Trinajstić information content (AvgIpc) is 2.36. The van der Waals surface area contributed by atoms with Crippen LogP contribution in [0.5, 0.6) is 0 Å². The lowest BCUT2D eigenvalue weighted by molar-refractivity contribution is -0.138. The van der Waals surface area contributed by atoms with Gasteiger partial charge in [-0.25, -0.2) is 9.18 Å². The molecule has 0 aliphatic carbocycles. The molecule has 2 aromatic rings. The van der Waals surface area contributed by atoms with Crippen molar-refractivity contribution in [2.75, 3.05) is 5.32 Å². The fourth-order valence-corrected chi connectivity index (χ4v) is 2.29. The number of rotatable bonds is 4. The molecule has 0 bridgehead atoms. The predicted octanol–water partition coefficient (Wildman–Crippen LogP) is 4.37. The van der Waals surface area contributed by atoms with Crippen molar-refractivity contribution in [3.63, 3.8) is 0 Å². The Hall–Kier alpha value is -1.78. The van der Waals surface area contributed by atoms with Crippen molar-refractivity contribution in [1.29, 1.82) is 0 Å². The topological polar surface area (TPSA) is 49.3 Å². The van der Waals surface area contributed by atoms with Crippen LogP contribution in [0.1, 0.15) is 11.6 Å². The van der Waals surface area contributed by atoms with Gasteiger partial charge in [0.1, 0.15) is 5.82 Å². The molecule has 0 radical (unpaired) electrons. The molecule has 0 saturated heterocycles. The van der Waals surface area contributed by atoms with Crippen LogP contribution in [0, 0.1) is 5.82 Å². The highest BCUT2D eigenvalue weighted by atomic mass is 35.5. The first kappa shape index (κ1) is 14.6. The van der Waals surface area contributed by atoms with Crippen LogP contribution >= 0.6 is 23.2 Å². The van der Waals surface area contributed by atoms with E-state index < -0.39 is 17.8 Å². The number of aliphatic carboxylic acids is 1. The number of carboxylic acid groups (broad SMARTS) is 1. The van der Waals surface area contributed by atoms with Gasteiger partial charge in [0.25, 0.3) is 0 Å². The summed E-state index contributed by atoms with van der Waals surface area (Å²) in [6.45, 7) is 0. The molecular formula is C14H10Cl2FNO2. The zero-order valence-electron chi connectivity index (χ0n) is 10.1. The summed E-state index contributed by atoms with van der Waals surface area (Å²) in [5.41, 5.74) is 0.897. The van der Waals surface area contributed by atoms with Crippen LogP contribution in [-0.4, -0.2) is 11.1 Å². The van der Waals surface area contributed by atoms with Gasteiger partial charge in [0.05, 0.1) is 0 Å².